The molecule has 14 heavy (non-hydrogen) atoms. The predicted octanol–water partition coefficient (Wildman–Crippen LogP) is -0.294. The Morgan fingerprint density at radius 1 is 1.50 bits per heavy atom. The molecule has 5 nitrogen and oxygen atoms in total. The van der Waals surface area contributed by atoms with E-state index in [0.717, 1.165) is 0 Å². The molecule has 0 amide bonds. The minimum absolute atomic E-state index is 0.0874. The van der Waals surface area contributed by atoms with Gasteiger partial charge >= 0.3 is 5.97 Å². The molecule has 0 saturated carbocycles. The highest BCUT2D eigenvalue weighted by Crippen LogP contribution is 2.09. The van der Waals surface area contributed by atoms with E-state index in [2.05, 4.69) is 4.74 Å². The summed E-state index contributed by atoms with van der Waals surface area (Å²) in [4.78, 5) is 32.6. The average molecular weight is 202 g/mol. The van der Waals surface area contributed by atoms with Gasteiger partial charge in [-0.2, -0.15) is 0 Å². The number of ketones is 1. The first-order valence-corrected chi connectivity index (χ1v) is 4.32. The SMILES string of the molecule is COC(=O)C(CC=O)C(=O)CCCO. The molecule has 1 N–H and O–H groups in total. The Bertz CT molecular complexity index is 211. The van der Waals surface area contributed by atoms with Gasteiger partial charge in [0.2, 0.25) is 0 Å². The molecule has 80 valence electrons. The number of hydrogen-bond acceptors (Lipinski definition) is 5. The molecule has 0 spiro atoms. The van der Waals surface area contributed by atoms with Crippen molar-refractivity contribution in [2.24, 2.45) is 5.92 Å². The van der Waals surface area contributed by atoms with E-state index in [9.17, 15) is 14.4 Å². The molecule has 0 radical (unpaired) electrons. The van der Waals surface area contributed by atoms with Gasteiger partial charge in [-0.25, -0.2) is 0 Å². The largest absolute Gasteiger partial charge is 0.468 e. The molecule has 0 aromatic carbocycles. The molecular formula is C9H14O5. The zero-order chi connectivity index (χ0) is 11.0. The van der Waals surface area contributed by atoms with Crippen molar-refractivity contribution in [3.8, 4) is 0 Å². The second kappa shape index (κ2) is 7.20. The van der Waals surface area contributed by atoms with Gasteiger partial charge < -0.3 is 14.6 Å². The van der Waals surface area contributed by atoms with Crippen LogP contribution in [0, 0.1) is 5.92 Å². The topological polar surface area (TPSA) is 80.7 Å². The monoisotopic (exact) mass is 202 g/mol. The number of esters is 1. The van der Waals surface area contributed by atoms with Crippen LogP contribution in [-0.4, -0.2) is 36.9 Å². The minimum Gasteiger partial charge on any atom is -0.468 e. The number of carbonyl (C=O) groups excluding carboxylic acids is 3. The number of aldehydes is 1. The lowest BCUT2D eigenvalue weighted by atomic mass is 9.98. The molecule has 0 aliphatic rings. The van der Waals surface area contributed by atoms with Crippen LogP contribution in [0.1, 0.15) is 19.3 Å². The number of hydrogen-bond donors (Lipinski definition) is 1. The standard InChI is InChI=1S/C9H14O5/c1-14-9(13)7(4-6-11)8(12)3-2-5-10/h6-7,10H,2-5H2,1H3. The molecule has 1 atom stereocenters. The van der Waals surface area contributed by atoms with Crippen LogP contribution in [0.15, 0.2) is 0 Å². The highest BCUT2D eigenvalue weighted by molar-refractivity contribution is 6.00. The van der Waals surface area contributed by atoms with E-state index in [1.165, 1.54) is 7.11 Å². The number of rotatable bonds is 7. The van der Waals surface area contributed by atoms with Crippen molar-refractivity contribution in [2.45, 2.75) is 19.3 Å². The maximum absolute atomic E-state index is 11.3. The average Bonchev–Trinajstić information content (AvgIpc) is 2.21. The Morgan fingerprint density at radius 3 is 2.57 bits per heavy atom. The smallest absolute Gasteiger partial charge is 0.316 e. The Labute approximate surface area is 82.1 Å². The molecule has 0 saturated heterocycles. The number of methoxy groups -OCH3 is 1. The third-order valence-corrected chi connectivity index (χ3v) is 1.79. The zero-order valence-corrected chi connectivity index (χ0v) is 8.06. The van der Waals surface area contributed by atoms with E-state index in [-0.39, 0.29) is 25.2 Å². The van der Waals surface area contributed by atoms with E-state index < -0.39 is 11.9 Å². The van der Waals surface area contributed by atoms with Crippen LogP contribution in [0.3, 0.4) is 0 Å². The van der Waals surface area contributed by atoms with Crippen LogP contribution in [0.4, 0.5) is 0 Å². The first-order chi connectivity index (χ1) is 6.67. The van der Waals surface area contributed by atoms with Crippen molar-refractivity contribution in [3.05, 3.63) is 0 Å². The molecule has 0 aromatic heterocycles. The summed E-state index contributed by atoms with van der Waals surface area (Å²) in [7, 11) is 1.17. The lowest BCUT2D eigenvalue weighted by Gasteiger charge is -2.09. The summed E-state index contributed by atoms with van der Waals surface area (Å²) >= 11 is 0. The van der Waals surface area contributed by atoms with Gasteiger partial charge in [-0.15, -0.1) is 0 Å². The summed E-state index contributed by atoms with van der Waals surface area (Å²) in [5.41, 5.74) is 0. The van der Waals surface area contributed by atoms with Gasteiger partial charge in [0.15, 0.2) is 0 Å². The Morgan fingerprint density at radius 2 is 2.14 bits per heavy atom. The normalized spacial score (nSPS) is 11.9. The van der Waals surface area contributed by atoms with E-state index in [0.29, 0.717) is 12.7 Å². The van der Waals surface area contributed by atoms with Crippen molar-refractivity contribution in [1.82, 2.24) is 0 Å². The summed E-state index contributed by atoms with van der Waals surface area (Å²) in [6.45, 7) is -0.110. The number of aliphatic hydroxyl groups is 1. The summed E-state index contributed by atoms with van der Waals surface area (Å²) in [5.74, 6) is -2.07. The van der Waals surface area contributed by atoms with E-state index in [1.54, 1.807) is 0 Å². The molecule has 5 heteroatoms. The quantitative estimate of drug-likeness (QED) is 0.348. The van der Waals surface area contributed by atoms with Gasteiger partial charge in [0, 0.05) is 19.4 Å². The van der Waals surface area contributed by atoms with Crippen LogP contribution in [0.2, 0.25) is 0 Å². The highest BCUT2D eigenvalue weighted by Gasteiger charge is 2.26. The fraction of sp³-hybridized carbons (Fsp3) is 0.667. The van der Waals surface area contributed by atoms with Gasteiger partial charge in [0.25, 0.3) is 0 Å². The van der Waals surface area contributed by atoms with Crippen LogP contribution < -0.4 is 0 Å². The predicted molar refractivity (Wildman–Crippen MR) is 47.5 cm³/mol. The minimum atomic E-state index is -1.01. The number of ether oxygens (including phenoxy) is 1. The molecule has 0 aliphatic heterocycles. The second-order valence-corrected chi connectivity index (χ2v) is 2.77. The van der Waals surface area contributed by atoms with Gasteiger partial charge in [-0.1, -0.05) is 0 Å². The van der Waals surface area contributed by atoms with Gasteiger partial charge in [-0.3, -0.25) is 9.59 Å². The maximum atomic E-state index is 11.3. The molecule has 0 heterocycles. The fourth-order valence-electron chi connectivity index (χ4n) is 1.03. The van der Waals surface area contributed by atoms with Gasteiger partial charge in [0.05, 0.1) is 7.11 Å². The van der Waals surface area contributed by atoms with Crippen molar-refractivity contribution >= 4 is 18.0 Å². The molecule has 0 bridgehead atoms. The molecule has 0 aromatic rings. The van der Waals surface area contributed by atoms with Crippen LogP contribution in [-0.2, 0) is 19.1 Å². The Hall–Kier alpha value is -1.23. The molecule has 0 fully saturated rings. The zero-order valence-electron chi connectivity index (χ0n) is 8.06. The number of aliphatic hydroxyl groups excluding tert-OH is 1. The third kappa shape index (κ3) is 4.13. The van der Waals surface area contributed by atoms with Crippen molar-refractivity contribution in [3.63, 3.8) is 0 Å². The van der Waals surface area contributed by atoms with Gasteiger partial charge in [0.1, 0.15) is 18.0 Å². The van der Waals surface area contributed by atoms with E-state index in [4.69, 9.17) is 5.11 Å². The summed E-state index contributed by atoms with van der Waals surface area (Å²) in [5, 5.41) is 8.48. The van der Waals surface area contributed by atoms with Crippen LogP contribution >= 0.6 is 0 Å². The summed E-state index contributed by atoms with van der Waals surface area (Å²) in [6, 6.07) is 0. The number of carbonyl (C=O) groups is 3. The van der Waals surface area contributed by atoms with Crippen molar-refractivity contribution in [1.29, 1.82) is 0 Å². The fourth-order valence-corrected chi connectivity index (χ4v) is 1.03. The van der Waals surface area contributed by atoms with E-state index >= 15 is 0 Å². The highest BCUT2D eigenvalue weighted by atomic mass is 16.5. The Balaban J connectivity index is 4.24. The Kier molecular flexibility index (Phi) is 6.57. The lowest BCUT2D eigenvalue weighted by Crippen LogP contribution is -2.25. The van der Waals surface area contributed by atoms with Crippen molar-refractivity contribution < 1.29 is 24.2 Å². The summed E-state index contributed by atoms with van der Waals surface area (Å²) < 4.78 is 4.38. The lowest BCUT2D eigenvalue weighted by molar-refractivity contribution is -0.150. The van der Waals surface area contributed by atoms with Crippen molar-refractivity contribution in [2.75, 3.05) is 13.7 Å². The third-order valence-electron chi connectivity index (χ3n) is 1.79. The maximum Gasteiger partial charge on any atom is 0.316 e. The summed E-state index contributed by atoms with van der Waals surface area (Å²) in [6.07, 6.45) is 0.741. The molecule has 0 rings (SSSR count). The second-order valence-electron chi connectivity index (χ2n) is 2.77. The molecule has 0 aliphatic carbocycles. The van der Waals surface area contributed by atoms with Gasteiger partial charge in [-0.05, 0) is 6.42 Å². The van der Waals surface area contributed by atoms with Crippen LogP contribution in [0.5, 0.6) is 0 Å². The van der Waals surface area contributed by atoms with Crippen LogP contribution in [0.25, 0.3) is 0 Å². The van der Waals surface area contributed by atoms with E-state index in [1.807, 2.05) is 0 Å². The molecule has 1 unspecified atom stereocenters. The molecular weight excluding hydrogens is 188 g/mol. The first-order valence-electron chi connectivity index (χ1n) is 4.32. The number of Topliss-reactive ketones (excluding diaryl/α,β-unsaturated/α-hetero) is 1. The first kappa shape index (κ1) is 12.8.